The van der Waals surface area contributed by atoms with E-state index in [-0.39, 0.29) is 357 Å². The van der Waals surface area contributed by atoms with Crippen molar-refractivity contribution >= 4 is 138 Å². The van der Waals surface area contributed by atoms with E-state index in [1.807, 2.05) is 0 Å². The Morgan fingerprint density at radius 2 is 0.243 bits per heavy atom. The van der Waals surface area contributed by atoms with Crippen LogP contribution in [0.25, 0.3) is 46.1 Å². The van der Waals surface area contributed by atoms with Crippen LogP contribution in [-0.2, 0) is 38.4 Å². The summed E-state index contributed by atoms with van der Waals surface area (Å²) in [5.74, 6) is -5.50. The first kappa shape index (κ1) is 130. The first-order valence-corrected chi connectivity index (χ1v) is 42.3. The average Bonchev–Trinajstić information content (AvgIpc) is 1.60. The summed E-state index contributed by atoms with van der Waals surface area (Å²) >= 11 is 0. The van der Waals surface area contributed by atoms with Gasteiger partial charge in [0.2, 0.25) is 0 Å². The zero-order valence-electron chi connectivity index (χ0n) is 75.2. The second-order valence-electron chi connectivity index (χ2n) is 30.9. The van der Waals surface area contributed by atoms with Gasteiger partial charge < -0.3 is 62.8 Å². The van der Waals surface area contributed by atoms with Crippen LogP contribution in [0.3, 0.4) is 0 Å². The molecule has 48 heteroatoms. The van der Waals surface area contributed by atoms with E-state index in [1.54, 1.807) is 48.5 Å². The van der Waals surface area contributed by atoms with Crippen molar-refractivity contribution in [1.29, 1.82) is 0 Å². The van der Waals surface area contributed by atoms with Crippen molar-refractivity contribution in [2.24, 2.45) is 0 Å². The first-order chi connectivity index (χ1) is 64.9. The summed E-state index contributed by atoms with van der Waals surface area (Å²) in [6.07, 6.45) is 11.5. The summed E-state index contributed by atoms with van der Waals surface area (Å²) in [5.41, 5.74) is -0.394. The van der Waals surface area contributed by atoms with Gasteiger partial charge in [0.15, 0.2) is 46.3 Å². The molecule has 0 spiro atoms. The van der Waals surface area contributed by atoms with Gasteiger partial charge in [-0.05, 0) is 196 Å². The molecule has 0 atom stereocenters. The molecule has 16 rings (SSSR count). The van der Waals surface area contributed by atoms with Gasteiger partial charge in [0.05, 0.1) is 39.4 Å². The van der Waals surface area contributed by atoms with Crippen LogP contribution >= 0.6 is 0 Å². The molecule has 44 nitrogen and oxygen atoms in total. The molecule has 0 bridgehead atoms. The Labute approximate surface area is 940 Å². The molecule has 4 N–H and O–H groups in total. The molecule has 0 amide bonds. The molecule has 8 aromatic carbocycles. The monoisotopic (exact) mass is 2560 g/mol. The van der Waals surface area contributed by atoms with E-state index in [0.29, 0.717) is 154 Å². The van der Waals surface area contributed by atoms with Crippen molar-refractivity contribution < 1.29 is 295 Å². The molecule has 8 fully saturated rings. The quantitative estimate of drug-likeness (QED) is 0.0375. The number of hydrogen-bond donors (Lipinski definition) is 0. The number of para-hydroxylation sites is 8. The zero-order chi connectivity index (χ0) is 99.3. The third-order valence-corrected chi connectivity index (χ3v) is 22.3. The molecule has 0 heterocycles. The summed E-state index contributed by atoms with van der Waals surface area (Å²) < 4.78 is 0. The molecule has 0 aliphatic heterocycles. The van der Waals surface area contributed by atoms with Gasteiger partial charge >= 0.3 is 154 Å². The van der Waals surface area contributed by atoms with Gasteiger partial charge in [-0.3, -0.25) is 119 Å². The molecule has 0 aromatic heterocycles. The number of rotatable bonds is 16. The maximum absolute atomic E-state index is 12.0. The summed E-state index contributed by atoms with van der Waals surface area (Å²) in [7, 11) is 0. The van der Waals surface area contributed by atoms with Crippen LogP contribution < -0.4 is 40.9 Å². The second-order valence-corrected chi connectivity index (χ2v) is 30.9. The minimum absolute atomic E-state index is 0. The van der Waals surface area contributed by atoms with E-state index in [1.165, 1.54) is 146 Å². The van der Waals surface area contributed by atoms with E-state index < -0.39 is 85.5 Å². The van der Waals surface area contributed by atoms with Gasteiger partial charge in [0.25, 0.3) is 45.5 Å². The molecule has 144 heavy (non-hydrogen) atoms. The van der Waals surface area contributed by atoms with Gasteiger partial charge in [-0.15, -0.1) is 0 Å². The van der Waals surface area contributed by atoms with Gasteiger partial charge in [0.1, 0.15) is 0 Å². The largest absolute Gasteiger partial charge is 3.00 e. The molecule has 8 aromatic rings. The fourth-order valence-corrected chi connectivity index (χ4v) is 15.5. The Hall–Kier alpha value is -12.4. The number of carbonyl (C=O) groups is 8. The standard InChI is InChI=1S/8C12H11NO4.4H2O.4Tb/c8*14-11-7-3-5-9(11)12(15)8-4-1-2-6-10(8)13(16)17;;;;;;;;/h8*1-2,4,6,15H,3,5,7H2;4*1H2;;;;/q;;;;;;;;;;;;4*+3/p-12/b8*12-9-;;;;;;;;. The number of Topliss-reactive ketones (excluding diaryl/α,β-unsaturated/α-hetero) is 8. The summed E-state index contributed by atoms with van der Waals surface area (Å²) in [4.78, 5) is 173. The van der Waals surface area contributed by atoms with Crippen molar-refractivity contribution in [1.82, 2.24) is 0 Å². The molecule has 8 aliphatic carbocycles. The number of nitrogens with zero attached hydrogens (tertiary/aromatic N) is 8. The Morgan fingerprint density at radius 1 is 0.160 bits per heavy atom. The van der Waals surface area contributed by atoms with Crippen LogP contribution in [0.1, 0.15) is 199 Å². The fraction of sp³-hybridized carbons (Fsp3) is 0.250. The van der Waals surface area contributed by atoms with Crippen LogP contribution in [0.2, 0.25) is 0 Å². The number of allylic oxidation sites excluding steroid dienone is 8. The van der Waals surface area contributed by atoms with Gasteiger partial charge in [-0.2, -0.15) is 0 Å². The van der Waals surface area contributed by atoms with Crippen molar-refractivity contribution in [3.05, 3.63) is 364 Å². The van der Waals surface area contributed by atoms with Crippen molar-refractivity contribution in [2.45, 2.75) is 154 Å². The van der Waals surface area contributed by atoms with E-state index in [9.17, 15) is 160 Å². The average molecular weight is 2560 g/mol. The number of nitro groups is 8. The second kappa shape index (κ2) is 62.3. The molecular weight excluding hydrogens is 2480 g/mol. The number of hydrogen-bond acceptors (Lipinski definition) is 36. The van der Waals surface area contributed by atoms with E-state index in [0.717, 1.165) is 0 Å². The van der Waals surface area contributed by atoms with Crippen molar-refractivity contribution in [3.63, 3.8) is 0 Å². The molecule has 8 aliphatic rings. The van der Waals surface area contributed by atoms with E-state index in [2.05, 4.69) is 0 Å². The van der Waals surface area contributed by atoms with Crippen LogP contribution in [0.4, 0.5) is 45.5 Å². The van der Waals surface area contributed by atoms with E-state index >= 15 is 0 Å². The number of ketones is 8. The normalized spacial score (nSPS) is 17.2. The molecule has 0 unspecified atom stereocenters. The Balaban J connectivity index is 0.000000816. The third-order valence-electron chi connectivity index (χ3n) is 22.3. The Morgan fingerprint density at radius 3 is 0.312 bits per heavy atom. The summed E-state index contributed by atoms with van der Waals surface area (Å²) in [6.45, 7) is 0. The first-order valence-electron chi connectivity index (χ1n) is 42.3. The molecule has 8 saturated carbocycles. The van der Waals surface area contributed by atoms with Gasteiger partial charge in [-0.25, -0.2) is 0 Å². The van der Waals surface area contributed by atoms with Crippen LogP contribution in [0, 0.1) is 235 Å². The predicted octanol–water partition coefficient (Wildman–Crippen LogP) is 10.6. The molecular formula is C96H84N8O36Tb4. The summed E-state index contributed by atoms with van der Waals surface area (Å²) in [6, 6.07) is 45.7. The summed E-state index contributed by atoms with van der Waals surface area (Å²) in [5, 5.41) is 182. The van der Waals surface area contributed by atoms with Crippen LogP contribution in [0.15, 0.2) is 239 Å². The number of carbonyl (C=O) groups excluding carboxylic acids is 8. The van der Waals surface area contributed by atoms with Crippen LogP contribution in [-0.4, -0.2) is 108 Å². The Bertz CT molecular complexity index is 5330. The molecule has 0 saturated heterocycles. The smallest absolute Gasteiger partial charge is 0.872 e. The van der Waals surface area contributed by atoms with Crippen LogP contribution in [0.5, 0.6) is 0 Å². The zero-order valence-corrected chi connectivity index (χ0v) is 83.8. The number of nitro benzene ring substituents is 8. The minimum Gasteiger partial charge on any atom is -0.872 e. The fourth-order valence-electron chi connectivity index (χ4n) is 15.5. The predicted molar refractivity (Wildman–Crippen MR) is 479 cm³/mol. The van der Waals surface area contributed by atoms with Gasteiger partial charge in [0, 0.05) is 144 Å². The van der Waals surface area contributed by atoms with Crippen molar-refractivity contribution in [2.75, 3.05) is 0 Å². The topological polar surface area (TPSA) is 786 Å². The number of benzene rings is 8. The maximum atomic E-state index is 12.0. The van der Waals surface area contributed by atoms with Crippen molar-refractivity contribution in [3.8, 4) is 0 Å². The molecule has 760 valence electrons. The third kappa shape index (κ3) is 33.9. The Kier molecular flexibility index (Phi) is 56.1. The van der Waals surface area contributed by atoms with E-state index in [4.69, 9.17) is 0 Å². The molecule has 0 radical (unpaired) electrons. The van der Waals surface area contributed by atoms with Gasteiger partial charge in [-0.1, -0.05) is 143 Å². The maximum Gasteiger partial charge on any atom is 3.00 e. The SMILES string of the molecule is O=C1CCC/C1=C(/[O-])c1ccccc1[N+](=O)[O-].O=C1CCC/C1=C(/[O-])c1ccccc1[N+](=O)[O-].O=C1CCC/C1=C(/[O-])c1ccccc1[N+](=O)[O-].O=C1CCC/C1=C(/[O-])c1ccccc1[N+](=O)[O-].O=C1CCC/C1=C(/[O-])c1ccccc1[N+](=O)[O-].O=C1CCC/C1=C(/[O-])c1ccccc1[N+](=O)[O-].O=C1CCC/C1=C(/[O-])c1ccccc1[N+](=O)[O-].O=C1CCC/C1=C(/[O-])c1ccccc1[N+](=O)[O-].[OH-].[OH-].[OH-].[OH-].[Tb+3].[Tb+3].[Tb+3].[Tb+3]. The minimum atomic E-state index is -0.604.